The molecule has 4 nitrogen and oxygen atoms in total. The Balaban J connectivity index is 3.56. The molecule has 0 aliphatic carbocycles. The summed E-state index contributed by atoms with van der Waals surface area (Å²) in [7, 11) is 0. The molecular formula is C8H3F2IN2O2. The molecule has 0 saturated heterocycles. The van der Waals surface area contributed by atoms with Crippen molar-refractivity contribution >= 4 is 28.6 Å². The Bertz CT molecular complexity index is 457. The van der Waals surface area contributed by atoms with E-state index >= 15 is 0 Å². The number of hydrogen-bond donors (Lipinski definition) is 1. The number of rotatable bonds is 2. The van der Waals surface area contributed by atoms with Crippen LogP contribution < -0.4 is 0 Å². The van der Waals surface area contributed by atoms with Crippen LogP contribution in [0, 0.1) is 14.9 Å². The van der Waals surface area contributed by atoms with E-state index in [0.29, 0.717) is 0 Å². The maximum atomic E-state index is 12.5. The summed E-state index contributed by atoms with van der Waals surface area (Å²) in [5.41, 5.74) is -1.80. The fraction of sp³-hybridized carbons (Fsp3) is 0.125. The molecule has 0 aliphatic rings. The third-order valence-corrected chi connectivity index (χ3v) is 2.46. The minimum Gasteiger partial charge on any atom is -0.476 e. The first-order valence-electron chi connectivity index (χ1n) is 3.59. The van der Waals surface area contributed by atoms with Crippen LogP contribution in [0.5, 0.6) is 0 Å². The summed E-state index contributed by atoms with van der Waals surface area (Å²) in [6.45, 7) is 0. The summed E-state index contributed by atoms with van der Waals surface area (Å²) in [5.74, 6) is -1.50. The van der Waals surface area contributed by atoms with Crippen LogP contribution >= 0.6 is 22.6 Å². The van der Waals surface area contributed by atoms with Crippen LogP contribution in [0.15, 0.2) is 6.20 Å². The van der Waals surface area contributed by atoms with E-state index in [0.717, 1.165) is 6.20 Å². The van der Waals surface area contributed by atoms with Crippen LogP contribution in [0.4, 0.5) is 8.78 Å². The van der Waals surface area contributed by atoms with E-state index in [1.54, 1.807) is 22.6 Å². The van der Waals surface area contributed by atoms with Crippen LogP contribution in [0.2, 0.25) is 0 Å². The van der Waals surface area contributed by atoms with Crippen LogP contribution in [-0.4, -0.2) is 16.1 Å². The number of pyridine rings is 1. The Morgan fingerprint density at radius 2 is 2.27 bits per heavy atom. The minimum absolute atomic E-state index is 0.0733. The number of carboxylic acids is 1. The van der Waals surface area contributed by atoms with E-state index in [9.17, 15) is 13.6 Å². The Morgan fingerprint density at radius 3 is 2.67 bits per heavy atom. The largest absolute Gasteiger partial charge is 0.476 e. The van der Waals surface area contributed by atoms with Gasteiger partial charge in [0.15, 0.2) is 5.69 Å². The van der Waals surface area contributed by atoms with Crippen molar-refractivity contribution in [3.63, 3.8) is 0 Å². The predicted octanol–water partition coefficient (Wildman–Crippen LogP) is 2.19. The molecule has 78 valence electrons. The number of aromatic nitrogens is 1. The normalized spacial score (nSPS) is 10.1. The van der Waals surface area contributed by atoms with Crippen LogP contribution in [0.25, 0.3) is 0 Å². The lowest BCUT2D eigenvalue weighted by molar-refractivity contribution is 0.0689. The average molecular weight is 324 g/mol. The highest BCUT2D eigenvalue weighted by Crippen LogP contribution is 2.28. The predicted molar refractivity (Wildman–Crippen MR) is 53.6 cm³/mol. The van der Waals surface area contributed by atoms with Gasteiger partial charge in [0.2, 0.25) is 0 Å². The highest BCUT2D eigenvalue weighted by atomic mass is 127. The molecule has 1 heterocycles. The first kappa shape index (κ1) is 11.8. The number of nitriles is 1. The second kappa shape index (κ2) is 4.48. The number of alkyl halides is 2. The Morgan fingerprint density at radius 1 is 1.67 bits per heavy atom. The molecule has 0 atom stereocenters. The van der Waals surface area contributed by atoms with E-state index in [4.69, 9.17) is 10.4 Å². The third-order valence-electron chi connectivity index (χ3n) is 1.60. The lowest BCUT2D eigenvalue weighted by Gasteiger charge is -2.06. The van der Waals surface area contributed by atoms with E-state index in [2.05, 4.69) is 4.98 Å². The van der Waals surface area contributed by atoms with Crippen molar-refractivity contribution < 1.29 is 18.7 Å². The number of carbonyl (C=O) groups is 1. The van der Waals surface area contributed by atoms with Gasteiger partial charge in [0.05, 0.1) is 11.1 Å². The summed E-state index contributed by atoms with van der Waals surface area (Å²) in [6.07, 6.45) is -1.89. The van der Waals surface area contributed by atoms with Gasteiger partial charge in [-0.05, 0) is 22.6 Å². The molecule has 1 N–H and O–H groups in total. The zero-order valence-corrected chi connectivity index (χ0v) is 9.20. The minimum atomic E-state index is -2.90. The van der Waals surface area contributed by atoms with E-state index in [-0.39, 0.29) is 3.57 Å². The molecule has 1 rings (SSSR count). The van der Waals surface area contributed by atoms with Gasteiger partial charge in [0, 0.05) is 9.77 Å². The van der Waals surface area contributed by atoms with Gasteiger partial charge in [0.25, 0.3) is 6.43 Å². The molecular weight excluding hydrogens is 321 g/mol. The molecule has 0 saturated carbocycles. The Kier molecular flexibility index (Phi) is 3.52. The van der Waals surface area contributed by atoms with Gasteiger partial charge in [-0.25, -0.2) is 18.6 Å². The molecule has 1 aromatic rings. The number of carboxylic acid groups (broad SMARTS) is 1. The molecule has 0 radical (unpaired) electrons. The molecule has 1 aromatic heterocycles. The quantitative estimate of drug-likeness (QED) is 0.847. The lowest BCUT2D eigenvalue weighted by Crippen LogP contribution is -2.08. The smallest absolute Gasteiger partial charge is 0.355 e. The first-order valence-corrected chi connectivity index (χ1v) is 4.66. The number of halogens is 3. The van der Waals surface area contributed by atoms with Crippen LogP contribution in [0.3, 0.4) is 0 Å². The summed E-state index contributed by atoms with van der Waals surface area (Å²) in [4.78, 5) is 14.0. The summed E-state index contributed by atoms with van der Waals surface area (Å²) >= 11 is 1.58. The second-order valence-corrected chi connectivity index (χ2v) is 3.62. The van der Waals surface area contributed by atoms with Gasteiger partial charge in [0.1, 0.15) is 6.07 Å². The van der Waals surface area contributed by atoms with Crippen molar-refractivity contribution in [2.75, 3.05) is 0 Å². The highest BCUT2D eigenvalue weighted by Gasteiger charge is 2.23. The molecule has 0 fully saturated rings. The van der Waals surface area contributed by atoms with E-state index in [1.807, 2.05) is 0 Å². The molecule has 0 aromatic carbocycles. The van der Waals surface area contributed by atoms with Gasteiger partial charge in [-0.2, -0.15) is 5.26 Å². The summed E-state index contributed by atoms with van der Waals surface area (Å²) in [5, 5.41) is 17.3. The zero-order chi connectivity index (χ0) is 11.6. The fourth-order valence-electron chi connectivity index (χ4n) is 0.991. The highest BCUT2D eigenvalue weighted by molar-refractivity contribution is 14.1. The Hall–Kier alpha value is -1.30. The number of nitrogens with zero attached hydrogens (tertiary/aromatic N) is 2. The molecule has 0 amide bonds. The van der Waals surface area contributed by atoms with Crippen molar-refractivity contribution in [3.8, 4) is 6.07 Å². The molecule has 15 heavy (non-hydrogen) atoms. The maximum absolute atomic E-state index is 12.5. The topological polar surface area (TPSA) is 74.0 Å². The average Bonchev–Trinajstić information content (AvgIpc) is 2.15. The van der Waals surface area contributed by atoms with Crippen molar-refractivity contribution in [2.45, 2.75) is 6.43 Å². The van der Waals surface area contributed by atoms with Gasteiger partial charge in [-0.15, -0.1) is 0 Å². The van der Waals surface area contributed by atoms with Crippen molar-refractivity contribution in [3.05, 3.63) is 26.6 Å². The molecule has 0 spiro atoms. The van der Waals surface area contributed by atoms with Crippen molar-refractivity contribution in [1.82, 2.24) is 4.98 Å². The summed E-state index contributed by atoms with van der Waals surface area (Å²) < 4.78 is 25.2. The van der Waals surface area contributed by atoms with Crippen molar-refractivity contribution in [2.24, 2.45) is 0 Å². The zero-order valence-electron chi connectivity index (χ0n) is 7.04. The van der Waals surface area contributed by atoms with Crippen LogP contribution in [0.1, 0.15) is 28.0 Å². The van der Waals surface area contributed by atoms with E-state index < -0.39 is 29.2 Å². The second-order valence-electron chi connectivity index (χ2n) is 2.46. The molecule has 0 unspecified atom stereocenters. The Labute approximate surface area is 96.7 Å². The van der Waals surface area contributed by atoms with E-state index in [1.165, 1.54) is 6.07 Å². The standard InChI is InChI=1S/C8H3F2IN2O2/c9-7(10)5-3(1-12)6(8(14)15)13-2-4(5)11/h2,7H,(H,14,15). The fourth-order valence-corrected chi connectivity index (χ4v) is 1.64. The number of aromatic carboxylic acids is 1. The molecule has 0 aliphatic heterocycles. The lowest BCUT2D eigenvalue weighted by atomic mass is 10.1. The van der Waals surface area contributed by atoms with Gasteiger partial charge in [-0.3, -0.25) is 0 Å². The van der Waals surface area contributed by atoms with Gasteiger partial charge < -0.3 is 5.11 Å². The van der Waals surface area contributed by atoms with Crippen molar-refractivity contribution in [1.29, 1.82) is 5.26 Å². The third kappa shape index (κ3) is 2.20. The SMILES string of the molecule is N#Cc1c(C(=O)O)ncc(I)c1C(F)F. The van der Waals surface area contributed by atoms with Gasteiger partial charge >= 0.3 is 5.97 Å². The monoisotopic (exact) mass is 324 g/mol. The van der Waals surface area contributed by atoms with Crippen LogP contribution in [-0.2, 0) is 0 Å². The molecule has 7 heteroatoms. The van der Waals surface area contributed by atoms with Gasteiger partial charge in [-0.1, -0.05) is 0 Å². The summed E-state index contributed by atoms with van der Waals surface area (Å²) in [6, 6.07) is 1.44. The maximum Gasteiger partial charge on any atom is 0.355 e. The first-order chi connectivity index (χ1) is 6.99. The molecule has 0 bridgehead atoms. The number of hydrogen-bond acceptors (Lipinski definition) is 3.